The zero-order valence-corrected chi connectivity index (χ0v) is 16.8. The number of methoxy groups -OCH3 is 1. The Morgan fingerprint density at radius 2 is 1.83 bits per heavy atom. The summed E-state index contributed by atoms with van der Waals surface area (Å²) in [7, 11) is 1.33. The first-order valence-corrected chi connectivity index (χ1v) is 9.42. The highest BCUT2D eigenvalue weighted by molar-refractivity contribution is 5.96. The van der Waals surface area contributed by atoms with E-state index in [9.17, 15) is 9.59 Å². The molecule has 0 radical (unpaired) electrons. The van der Waals surface area contributed by atoms with Gasteiger partial charge in [0, 0.05) is 5.56 Å². The van der Waals surface area contributed by atoms with Crippen molar-refractivity contribution in [3.63, 3.8) is 0 Å². The van der Waals surface area contributed by atoms with Gasteiger partial charge in [-0.25, -0.2) is 10.2 Å². The van der Waals surface area contributed by atoms with Crippen LogP contribution in [0.1, 0.15) is 28.6 Å². The number of hydrazone groups is 1. The van der Waals surface area contributed by atoms with E-state index in [0.717, 1.165) is 11.3 Å². The lowest BCUT2D eigenvalue weighted by molar-refractivity contribution is -0.120. The summed E-state index contributed by atoms with van der Waals surface area (Å²) >= 11 is 0. The third-order valence-corrected chi connectivity index (χ3v) is 4.20. The van der Waals surface area contributed by atoms with E-state index in [0.29, 0.717) is 29.3 Å². The SMILES string of the molecule is CCOc1ccc(CC(=O)N/N=C\c2ccc(-c3ccccc3C(=O)OC)o2)cc1. The van der Waals surface area contributed by atoms with Gasteiger partial charge in [-0.05, 0) is 42.8 Å². The van der Waals surface area contributed by atoms with Crippen molar-refractivity contribution >= 4 is 18.1 Å². The van der Waals surface area contributed by atoms with Crippen LogP contribution in [0.4, 0.5) is 0 Å². The lowest BCUT2D eigenvalue weighted by atomic mass is 10.1. The van der Waals surface area contributed by atoms with E-state index < -0.39 is 5.97 Å². The van der Waals surface area contributed by atoms with Crippen molar-refractivity contribution in [2.24, 2.45) is 5.10 Å². The Bertz CT molecular complexity index is 1040. The van der Waals surface area contributed by atoms with Crippen LogP contribution < -0.4 is 10.2 Å². The summed E-state index contributed by atoms with van der Waals surface area (Å²) in [5.74, 6) is 1.00. The number of hydrogen-bond donors (Lipinski definition) is 1. The largest absolute Gasteiger partial charge is 0.494 e. The van der Waals surface area contributed by atoms with Gasteiger partial charge in [0.25, 0.3) is 0 Å². The Morgan fingerprint density at radius 1 is 1.07 bits per heavy atom. The van der Waals surface area contributed by atoms with Gasteiger partial charge in [-0.15, -0.1) is 0 Å². The fourth-order valence-corrected chi connectivity index (χ4v) is 2.82. The van der Waals surface area contributed by atoms with Crippen molar-refractivity contribution < 1.29 is 23.5 Å². The predicted molar refractivity (Wildman–Crippen MR) is 113 cm³/mol. The minimum atomic E-state index is -0.446. The second kappa shape index (κ2) is 10.1. The summed E-state index contributed by atoms with van der Waals surface area (Å²) in [5.41, 5.74) is 4.34. The molecule has 1 amide bonds. The second-order valence-electron chi connectivity index (χ2n) is 6.29. The molecule has 0 bridgehead atoms. The average molecular weight is 406 g/mol. The van der Waals surface area contributed by atoms with Gasteiger partial charge in [0.2, 0.25) is 5.91 Å². The number of hydrogen-bond acceptors (Lipinski definition) is 6. The molecular formula is C23H22N2O5. The molecule has 30 heavy (non-hydrogen) atoms. The minimum Gasteiger partial charge on any atom is -0.494 e. The number of benzene rings is 2. The zero-order valence-electron chi connectivity index (χ0n) is 16.8. The highest BCUT2D eigenvalue weighted by Crippen LogP contribution is 2.26. The van der Waals surface area contributed by atoms with Crippen LogP contribution in [0, 0.1) is 0 Å². The van der Waals surface area contributed by atoms with Crippen LogP contribution >= 0.6 is 0 Å². The number of carbonyl (C=O) groups is 2. The summed E-state index contributed by atoms with van der Waals surface area (Å²) in [4.78, 5) is 24.0. The lowest BCUT2D eigenvalue weighted by Crippen LogP contribution is -2.19. The topological polar surface area (TPSA) is 90.1 Å². The van der Waals surface area contributed by atoms with E-state index in [2.05, 4.69) is 10.5 Å². The van der Waals surface area contributed by atoms with E-state index in [4.69, 9.17) is 13.9 Å². The molecule has 0 unspecified atom stereocenters. The molecule has 1 aromatic heterocycles. The first-order valence-electron chi connectivity index (χ1n) is 9.42. The van der Waals surface area contributed by atoms with Gasteiger partial charge in [0.1, 0.15) is 17.3 Å². The summed E-state index contributed by atoms with van der Waals surface area (Å²) in [6.07, 6.45) is 1.60. The molecule has 1 N–H and O–H groups in total. The van der Waals surface area contributed by atoms with Gasteiger partial charge in [0.05, 0.1) is 31.9 Å². The van der Waals surface area contributed by atoms with Crippen molar-refractivity contribution in [2.45, 2.75) is 13.3 Å². The third kappa shape index (κ3) is 5.35. The number of amides is 1. The molecule has 1 heterocycles. The molecule has 2 aromatic carbocycles. The Morgan fingerprint density at radius 3 is 2.57 bits per heavy atom. The summed E-state index contributed by atoms with van der Waals surface area (Å²) < 4.78 is 15.9. The standard InChI is InChI=1S/C23H22N2O5/c1-3-29-17-10-8-16(9-11-17)14-22(26)25-24-15-18-12-13-21(30-18)19-6-4-5-7-20(19)23(27)28-2/h4-13,15H,3,14H2,1-2H3,(H,25,26)/b24-15-. The summed E-state index contributed by atoms with van der Waals surface area (Å²) in [5, 5.41) is 3.93. The smallest absolute Gasteiger partial charge is 0.338 e. The van der Waals surface area contributed by atoms with Crippen LogP contribution in [-0.4, -0.2) is 31.8 Å². The van der Waals surface area contributed by atoms with Gasteiger partial charge < -0.3 is 13.9 Å². The molecule has 0 aliphatic carbocycles. The number of nitrogens with zero attached hydrogens (tertiary/aromatic N) is 1. The van der Waals surface area contributed by atoms with Crippen LogP contribution in [0.3, 0.4) is 0 Å². The molecule has 3 aromatic rings. The van der Waals surface area contributed by atoms with Crippen molar-refractivity contribution in [2.75, 3.05) is 13.7 Å². The quantitative estimate of drug-likeness (QED) is 0.349. The van der Waals surface area contributed by atoms with Gasteiger partial charge in [-0.1, -0.05) is 30.3 Å². The molecule has 7 heteroatoms. The van der Waals surface area contributed by atoms with Crippen molar-refractivity contribution in [3.8, 4) is 17.1 Å². The first-order chi connectivity index (χ1) is 14.6. The fraction of sp³-hybridized carbons (Fsp3) is 0.174. The number of rotatable bonds is 8. The van der Waals surface area contributed by atoms with Gasteiger partial charge in [-0.3, -0.25) is 4.79 Å². The van der Waals surface area contributed by atoms with Gasteiger partial charge in [0.15, 0.2) is 0 Å². The minimum absolute atomic E-state index is 0.194. The molecule has 0 spiro atoms. The normalized spacial score (nSPS) is 10.7. The molecule has 7 nitrogen and oxygen atoms in total. The Labute approximate surface area is 174 Å². The maximum absolute atomic E-state index is 12.1. The lowest BCUT2D eigenvalue weighted by Gasteiger charge is -2.05. The van der Waals surface area contributed by atoms with E-state index in [1.807, 2.05) is 31.2 Å². The van der Waals surface area contributed by atoms with Crippen LogP contribution in [0.2, 0.25) is 0 Å². The van der Waals surface area contributed by atoms with Crippen LogP contribution in [0.5, 0.6) is 5.75 Å². The van der Waals surface area contributed by atoms with Gasteiger partial charge >= 0.3 is 5.97 Å². The molecule has 0 saturated heterocycles. The molecule has 0 aliphatic heterocycles. The van der Waals surface area contributed by atoms with E-state index in [1.165, 1.54) is 13.3 Å². The maximum atomic E-state index is 12.1. The second-order valence-corrected chi connectivity index (χ2v) is 6.29. The molecule has 0 atom stereocenters. The Balaban J connectivity index is 1.60. The third-order valence-electron chi connectivity index (χ3n) is 4.20. The number of carbonyl (C=O) groups excluding carboxylic acids is 2. The Kier molecular flexibility index (Phi) is 7.00. The molecule has 0 aliphatic rings. The highest BCUT2D eigenvalue weighted by Gasteiger charge is 2.15. The van der Waals surface area contributed by atoms with Crippen molar-refractivity contribution in [3.05, 3.63) is 77.6 Å². The Hall–Kier alpha value is -3.87. The number of nitrogens with one attached hydrogen (secondary N) is 1. The molecule has 0 fully saturated rings. The summed E-state index contributed by atoms with van der Waals surface area (Å²) in [6, 6.07) is 17.7. The van der Waals surface area contributed by atoms with Crippen molar-refractivity contribution in [1.29, 1.82) is 0 Å². The summed E-state index contributed by atoms with van der Waals surface area (Å²) in [6.45, 7) is 2.51. The van der Waals surface area contributed by atoms with E-state index in [-0.39, 0.29) is 12.3 Å². The highest BCUT2D eigenvalue weighted by atomic mass is 16.5. The van der Waals surface area contributed by atoms with E-state index >= 15 is 0 Å². The van der Waals surface area contributed by atoms with Gasteiger partial charge in [-0.2, -0.15) is 5.10 Å². The van der Waals surface area contributed by atoms with Crippen molar-refractivity contribution in [1.82, 2.24) is 5.43 Å². The van der Waals surface area contributed by atoms with E-state index in [1.54, 1.807) is 36.4 Å². The maximum Gasteiger partial charge on any atom is 0.338 e. The zero-order chi connectivity index (χ0) is 21.3. The molecule has 3 rings (SSSR count). The monoisotopic (exact) mass is 406 g/mol. The molecule has 154 valence electrons. The number of ether oxygens (including phenoxy) is 2. The van der Waals surface area contributed by atoms with Crippen LogP contribution in [-0.2, 0) is 16.0 Å². The number of esters is 1. The predicted octanol–water partition coefficient (Wildman–Crippen LogP) is 3.82. The average Bonchev–Trinajstić information content (AvgIpc) is 3.23. The first kappa shape index (κ1) is 20.9. The molecule has 0 saturated carbocycles. The van der Waals surface area contributed by atoms with Crippen LogP contribution in [0.25, 0.3) is 11.3 Å². The van der Waals surface area contributed by atoms with Crippen LogP contribution in [0.15, 0.2) is 70.2 Å². The fourth-order valence-electron chi connectivity index (χ4n) is 2.82. The number of furan rings is 1. The molecular weight excluding hydrogens is 384 g/mol.